The molecule has 11 heteroatoms. The van der Waals surface area contributed by atoms with Gasteiger partial charge >= 0.3 is 0 Å². The molecular formula is C20H33N5O5Si. The van der Waals surface area contributed by atoms with E-state index in [0.29, 0.717) is 6.42 Å². The Morgan fingerprint density at radius 1 is 1.45 bits per heavy atom. The molecule has 1 aliphatic heterocycles. The first kappa shape index (κ1) is 23.6. The van der Waals surface area contributed by atoms with E-state index in [9.17, 15) is 14.7 Å². The first-order chi connectivity index (χ1) is 14.3. The molecule has 1 saturated heterocycles. The minimum absolute atomic E-state index is 0.00441. The van der Waals surface area contributed by atoms with Gasteiger partial charge in [0, 0.05) is 12.3 Å². The highest BCUT2D eigenvalue weighted by atomic mass is 28.4. The smallest absolute Gasteiger partial charge is 0.280 e. The van der Waals surface area contributed by atoms with Crippen LogP contribution in [0.4, 0.5) is 5.95 Å². The number of nitrogens with one attached hydrogen (secondary N) is 2. The minimum Gasteiger partial charge on any atom is -0.409 e. The maximum atomic E-state index is 12.5. The molecule has 3 heterocycles. The van der Waals surface area contributed by atoms with Crippen LogP contribution in [0.1, 0.15) is 47.3 Å². The molecule has 0 bridgehead atoms. The number of aliphatic hydroxyl groups is 1. The number of anilines is 1. The Morgan fingerprint density at radius 2 is 2.13 bits per heavy atom. The van der Waals surface area contributed by atoms with E-state index in [4.69, 9.17) is 9.16 Å². The van der Waals surface area contributed by atoms with Crippen LogP contribution in [0.2, 0.25) is 18.1 Å². The lowest BCUT2D eigenvalue weighted by molar-refractivity contribution is -0.118. The lowest BCUT2D eigenvalue weighted by Crippen LogP contribution is -2.45. The maximum absolute atomic E-state index is 12.5. The molecule has 1 fully saturated rings. The molecule has 0 radical (unpaired) electrons. The molecule has 0 spiro atoms. The van der Waals surface area contributed by atoms with E-state index in [0.717, 1.165) is 0 Å². The van der Waals surface area contributed by atoms with Gasteiger partial charge in [0.1, 0.15) is 0 Å². The van der Waals surface area contributed by atoms with Gasteiger partial charge in [-0.1, -0.05) is 34.6 Å². The normalized spacial score (nSPS) is 22.4. The van der Waals surface area contributed by atoms with Gasteiger partial charge in [0.25, 0.3) is 5.56 Å². The average molecular weight is 452 g/mol. The molecule has 2 aromatic heterocycles. The molecule has 10 nitrogen and oxygen atoms in total. The van der Waals surface area contributed by atoms with Gasteiger partial charge in [-0.05, 0) is 18.1 Å². The monoisotopic (exact) mass is 451 g/mol. The molecular weight excluding hydrogens is 418 g/mol. The van der Waals surface area contributed by atoms with Crippen LogP contribution >= 0.6 is 0 Å². The van der Waals surface area contributed by atoms with Crippen LogP contribution in [0, 0.1) is 5.92 Å². The molecule has 1 aliphatic rings. The van der Waals surface area contributed by atoms with Gasteiger partial charge in [-0.3, -0.25) is 24.5 Å². The topological polar surface area (TPSA) is 131 Å². The highest BCUT2D eigenvalue weighted by molar-refractivity contribution is 6.74. The number of aromatic nitrogens is 4. The van der Waals surface area contributed by atoms with Crippen molar-refractivity contribution in [3.63, 3.8) is 0 Å². The summed E-state index contributed by atoms with van der Waals surface area (Å²) in [5.74, 6) is -0.474. The van der Waals surface area contributed by atoms with Crippen molar-refractivity contribution in [2.75, 3.05) is 11.9 Å². The summed E-state index contributed by atoms with van der Waals surface area (Å²) in [7, 11) is -2.13. The number of rotatable bonds is 6. The van der Waals surface area contributed by atoms with Gasteiger partial charge in [0.05, 0.1) is 25.1 Å². The van der Waals surface area contributed by atoms with Gasteiger partial charge in [-0.25, -0.2) is 4.98 Å². The molecule has 0 unspecified atom stereocenters. The van der Waals surface area contributed by atoms with Crippen LogP contribution in [0.15, 0.2) is 11.1 Å². The van der Waals surface area contributed by atoms with Gasteiger partial charge in [0.15, 0.2) is 25.7 Å². The van der Waals surface area contributed by atoms with Crippen LogP contribution in [0.25, 0.3) is 11.2 Å². The summed E-state index contributed by atoms with van der Waals surface area (Å²) in [4.78, 5) is 35.7. The predicted octanol–water partition coefficient (Wildman–Crippen LogP) is 2.38. The first-order valence-electron chi connectivity index (χ1n) is 10.6. The van der Waals surface area contributed by atoms with Crippen molar-refractivity contribution >= 4 is 31.3 Å². The van der Waals surface area contributed by atoms with E-state index in [1.807, 2.05) is 0 Å². The molecule has 3 N–H and O–H groups in total. The number of fused-ring (bicyclic) bond motifs is 1. The van der Waals surface area contributed by atoms with Gasteiger partial charge in [-0.2, -0.15) is 4.98 Å². The number of carbonyl (C=O) groups is 1. The van der Waals surface area contributed by atoms with Crippen LogP contribution in [-0.2, 0) is 14.0 Å². The summed E-state index contributed by atoms with van der Waals surface area (Å²) in [6.07, 6.45) is 0.699. The fourth-order valence-electron chi connectivity index (χ4n) is 3.17. The Balaban J connectivity index is 2.00. The van der Waals surface area contributed by atoms with Gasteiger partial charge in [-0.15, -0.1) is 0 Å². The quantitative estimate of drug-likeness (QED) is 0.575. The number of H-pyrrole nitrogens is 1. The fourth-order valence-corrected chi connectivity index (χ4v) is 4.50. The molecule has 0 saturated carbocycles. The Labute approximate surface area is 182 Å². The van der Waals surface area contributed by atoms with E-state index in [2.05, 4.69) is 54.1 Å². The van der Waals surface area contributed by atoms with E-state index < -0.39 is 20.1 Å². The summed E-state index contributed by atoms with van der Waals surface area (Å²) in [6.45, 7) is 14.2. The third-order valence-electron chi connectivity index (χ3n) is 6.07. The van der Waals surface area contributed by atoms with Crippen molar-refractivity contribution in [2.45, 2.75) is 77.6 Å². The SMILES string of the molecule is CC(C)C(=O)Nc1nc2c(ncn2[C@@H]2O[C@H](CO)C[C@H]2O[Si](C)(C)C(C)(C)C)c(=O)[nH]1. The lowest BCUT2D eigenvalue weighted by Gasteiger charge is -2.39. The predicted molar refractivity (Wildman–Crippen MR) is 119 cm³/mol. The van der Waals surface area contributed by atoms with E-state index in [1.54, 1.807) is 18.4 Å². The first-order valence-corrected chi connectivity index (χ1v) is 13.5. The van der Waals surface area contributed by atoms with Crippen LogP contribution in [0.3, 0.4) is 0 Å². The molecule has 0 aromatic carbocycles. The number of nitrogens with zero attached hydrogens (tertiary/aromatic N) is 3. The Morgan fingerprint density at radius 3 is 2.71 bits per heavy atom. The number of hydrogen-bond acceptors (Lipinski definition) is 7. The third-order valence-corrected chi connectivity index (χ3v) is 10.6. The van der Waals surface area contributed by atoms with Gasteiger partial charge < -0.3 is 14.3 Å². The van der Waals surface area contributed by atoms with Crippen molar-refractivity contribution in [3.8, 4) is 0 Å². The Bertz CT molecular complexity index is 1010. The van der Waals surface area contributed by atoms with Crippen LogP contribution in [0.5, 0.6) is 0 Å². The summed E-state index contributed by atoms with van der Waals surface area (Å²) in [5, 5.41) is 12.3. The van der Waals surface area contributed by atoms with E-state index in [-0.39, 0.29) is 52.8 Å². The second kappa shape index (κ2) is 8.45. The zero-order chi connectivity index (χ0) is 23.1. The van der Waals surface area contributed by atoms with Crippen molar-refractivity contribution in [1.29, 1.82) is 0 Å². The number of aromatic amines is 1. The molecule has 0 aliphatic carbocycles. The highest BCUT2D eigenvalue weighted by Gasteiger charge is 2.45. The second-order valence-electron chi connectivity index (χ2n) is 9.87. The number of carbonyl (C=O) groups excluding carboxylic acids is 1. The molecule has 3 rings (SSSR count). The number of aliphatic hydroxyl groups excluding tert-OH is 1. The lowest BCUT2D eigenvalue weighted by atomic mass is 10.2. The van der Waals surface area contributed by atoms with Crippen molar-refractivity contribution in [3.05, 3.63) is 16.7 Å². The zero-order valence-electron chi connectivity index (χ0n) is 19.2. The molecule has 2 aromatic rings. The van der Waals surface area contributed by atoms with E-state index in [1.165, 1.54) is 6.33 Å². The summed E-state index contributed by atoms with van der Waals surface area (Å²) in [5.41, 5.74) is -0.0266. The average Bonchev–Trinajstić information content (AvgIpc) is 3.24. The molecule has 31 heavy (non-hydrogen) atoms. The summed E-state index contributed by atoms with van der Waals surface area (Å²) < 4.78 is 14.3. The zero-order valence-corrected chi connectivity index (χ0v) is 20.2. The third kappa shape index (κ3) is 4.74. The number of hydrogen-bond donors (Lipinski definition) is 3. The maximum Gasteiger partial charge on any atom is 0.280 e. The van der Waals surface area contributed by atoms with Crippen molar-refractivity contribution < 1.29 is 19.1 Å². The number of ether oxygens (including phenoxy) is 1. The van der Waals surface area contributed by atoms with Crippen LogP contribution in [-0.4, -0.2) is 57.7 Å². The highest BCUT2D eigenvalue weighted by Crippen LogP contribution is 2.42. The Kier molecular flexibility index (Phi) is 6.43. The Hall–Kier alpha value is -2.08. The van der Waals surface area contributed by atoms with E-state index >= 15 is 0 Å². The largest absolute Gasteiger partial charge is 0.409 e. The summed E-state index contributed by atoms with van der Waals surface area (Å²) in [6, 6.07) is 0. The van der Waals surface area contributed by atoms with Gasteiger partial charge in [0.2, 0.25) is 11.9 Å². The number of amides is 1. The summed E-state index contributed by atoms with van der Waals surface area (Å²) >= 11 is 0. The molecule has 172 valence electrons. The van der Waals surface area contributed by atoms with Crippen molar-refractivity contribution in [1.82, 2.24) is 19.5 Å². The molecule has 3 atom stereocenters. The number of imidazole rings is 1. The standard InChI is InChI=1S/C20H33N5O5Si/c1-11(2)16(27)23-19-22-15-14(17(28)24-19)21-10-25(15)18-13(8-12(9-26)29-18)30-31(6,7)20(3,4)5/h10-13,18,26H,8-9H2,1-7H3,(H2,22,23,24,27,28)/t12-,13+,18+/m0/s1. The minimum atomic E-state index is -2.13. The second-order valence-corrected chi connectivity index (χ2v) is 14.6. The van der Waals surface area contributed by atoms with Crippen LogP contribution < -0.4 is 10.9 Å². The van der Waals surface area contributed by atoms with Crippen molar-refractivity contribution in [2.24, 2.45) is 5.92 Å². The molecule has 1 amide bonds. The fraction of sp³-hybridized carbons (Fsp3) is 0.700.